The van der Waals surface area contributed by atoms with Gasteiger partial charge in [-0.15, -0.1) is 0 Å². The number of sulfone groups is 1. The Kier molecular flexibility index (Phi) is 3.95. The fourth-order valence-corrected chi connectivity index (χ4v) is 4.74. The highest BCUT2D eigenvalue weighted by molar-refractivity contribution is 7.90. The maximum atomic E-state index is 11.9. The average molecular weight is 308 g/mol. The number of hydrogen-bond donors (Lipinski definition) is 0. The van der Waals surface area contributed by atoms with E-state index in [0.29, 0.717) is 16.1 Å². The van der Waals surface area contributed by atoms with Gasteiger partial charge in [0.1, 0.15) is 10.7 Å². The molecule has 1 aromatic rings. The summed E-state index contributed by atoms with van der Waals surface area (Å²) in [5.74, 6) is 0.644. The van der Waals surface area contributed by atoms with E-state index in [1.807, 2.05) is 0 Å². The highest BCUT2D eigenvalue weighted by Gasteiger charge is 2.36. The van der Waals surface area contributed by atoms with E-state index in [2.05, 4.69) is 9.88 Å². The monoisotopic (exact) mass is 308 g/mol. The molecule has 1 aliphatic heterocycles. The van der Waals surface area contributed by atoms with Crippen molar-refractivity contribution in [2.45, 2.75) is 49.8 Å². The van der Waals surface area contributed by atoms with Crippen LogP contribution in [0, 0.1) is 5.41 Å². The molecule has 0 N–H and O–H groups in total. The zero-order valence-corrected chi connectivity index (χ0v) is 13.5. The molecule has 2 heterocycles. The molecular formula is C16H24N2O2S. The molecule has 2 aliphatic rings. The minimum absolute atomic E-state index is 0.365. The fourth-order valence-electron chi connectivity index (χ4n) is 3.90. The maximum absolute atomic E-state index is 11.9. The molecule has 1 saturated carbocycles. The van der Waals surface area contributed by atoms with Crippen LogP contribution in [-0.4, -0.2) is 32.7 Å². The van der Waals surface area contributed by atoms with Crippen molar-refractivity contribution in [2.24, 2.45) is 5.41 Å². The first kappa shape index (κ1) is 14.8. The summed E-state index contributed by atoms with van der Waals surface area (Å²) in [5.41, 5.74) is 0.523. The SMILES string of the molecule is CS(=O)(=O)c1cccnc1N1CCC2(CCCCC2)CC1. The number of nitrogens with zero attached hydrogens (tertiary/aromatic N) is 2. The van der Waals surface area contributed by atoms with Gasteiger partial charge < -0.3 is 4.90 Å². The summed E-state index contributed by atoms with van der Waals surface area (Å²) in [6.45, 7) is 1.86. The molecule has 3 rings (SSSR count). The molecule has 1 aliphatic carbocycles. The summed E-state index contributed by atoms with van der Waals surface area (Å²) in [7, 11) is -3.22. The minimum Gasteiger partial charge on any atom is -0.356 e. The van der Waals surface area contributed by atoms with E-state index in [0.717, 1.165) is 13.1 Å². The van der Waals surface area contributed by atoms with Crippen LogP contribution < -0.4 is 4.90 Å². The van der Waals surface area contributed by atoms with Gasteiger partial charge in [0.2, 0.25) is 0 Å². The number of hydrogen-bond acceptors (Lipinski definition) is 4. The van der Waals surface area contributed by atoms with E-state index in [4.69, 9.17) is 0 Å². The lowest BCUT2D eigenvalue weighted by atomic mass is 9.68. The Morgan fingerprint density at radius 3 is 2.38 bits per heavy atom. The van der Waals surface area contributed by atoms with Crippen molar-refractivity contribution in [1.82, 2.24) is 4.98 Å². The minimum atomic E-state index is -3.22. The van der Waals surface area contributed by atoms with E-state index < -0.39 is 9.84 Å². The third-order valence-corrected chi connectivity index (χ3v) is 6.31. The summed E-state index contributed by atoms with van der Waals surface area (Å²) in [5, 5.41) is 0. The van der Waals surface area contributed by atoms with Crippen LogP contribution in [0.4, 0.5) is 5.82 Å². The fraction of sp³-hybridized carbons (Fsp3) is 0.688. The number of aromatic nitrogens is 1. The van der Waals surface area contributed by atoms with Gasteiger partial charge in [0.25, 0.3) is 0 Å². The number of piperidine rings is 1. The molecular weight excluding hydrogens is 284 g/mol. The van der Waals surface area contributed by atoms with Crippen LogP contribution in [0.3, 0.4) is 0 Å². The van der Waals surface area contributed by atoms with Crippen molar-refractivity contribution in [2.75, 3.05) is 24.2 Å². The second kappa shape index (κ2) is 5.59. The second-order valence-corrected chi connectivity index (χ2v) is 8.63. The first-order valence-corrected chi connectivity index (χ1v) is 9.79. The molecule has 2 fully saturated rings. The zero-order chi connectivity index (χ0) is 14.9. The van der Waals surface area contributed by atoms with E-state index in [9.17, 15) is 8.42 Å². The molecule has 0 unspecified atom stereocenters. The normalized spacial score (nSPS) is 22.4. The lowest BCUT2D eigenvalue weighted by Crippen LogP contribution is -2.41. The standard InChI is InChI=1S/C16H24N2O2S/c1-21(19,20)14-6-5-11-17-15(14)18-12-9-16(10-13-18)7-3-2-4-8-16/h5-6,11H,2-4,7-10,12-13H2,1H3. The van der Waals surface area contributed by atoms with E-state index in [-0.39, 0.29) is 0 Å². The first-order chi connectivity index (χ1) is 10.0. The molecule has 4 nitrogen and oxygen atoms in total. The Hall–Kier alpha value is -1.10. The quantitative estimate of drug-likeness (QED) is 0.842. The molecule has 116 valence electrons. The lowest BCUT2D eigenvalue weighted by molar-refractivity contribution is 0.144. The van der Waals surface area contributed by atoms with Crippen molar-refractivity contribution in [3.8, 4) is 0 Å². The van der Waals surface area contributed by atoms with Crippen molar-refractivity contribution < 1.29 is 8.42 Å². The van der Waals surface area contributed by atoms with Crippen molar-refractivity contribution >= 4 is 15.7 Å². The second-order valence-electron chi connectivity index (χ2n) is 6.65. The van der Waals surface area contributed by atoms with Crippen LogP contribution in [0.5, 0.6) is 0 Å². The van der Waals surface area contributed by atoms with Crippen LogP contribution in [0.1, 0.15) is 44.9 Å². The molecule has 0 bridgehead atoms. The Morgan fingerprint density at radius 1 is 1.10 bits per heavy atom. The summed E-state index contributed by atoms with van der Waals surface area (Å²) < 4.78 is 23.8. The molecule has 1 saturated heterocycles. The summed E-state index contributed by atoms with van der Waals surface area (Å²) in [6, 6.07) is 3.37. The molecule has 21 heavy (non-hydrogen) atoms. The van der Waals surface area contributed by atoms with Crippen molar-refractivity contribution in [3.63, 3.8) is 0 Å². The van der Waals surface area contributed by atoms with Crippen LogP contribution in [0.2, 0.25) is 0 Å². The third kappa shape index (κ3) is 3.07. The Morgan fingerprint density at radius 2 is 1.76 bits per heavy atom. The van der Waals surface area contributed by atoms with Crippen LogP contribution in [0.15, 0.2) is 23.2 Å². The van der Waals surface area contributed by atoms with Gasteiger partial charge in [-0.2, -0.15) is 0 Å². The summed E-state index contributed by atoms with van der Waals surface area (Å²) in [4.78, 5) is 6.88. The summed E-state index contributed by atoms with van der Waals surface area (Å²) >= 11 is 0. The van der Waals surface area contributed by atoms with Crippen LogP contribution in [-0.2, 0) is 9.84 Å². The van der Waals surface area contributed by atoms with Gasteiger partial charge in [-0.3, -0.25) is 0 Å². The Bertz CT molecular complexity index is 596. The Labute approximate surface area is 127 Å². The number of rotatable bonds is 2. The Balaban J connectivity index is 1.78. The number of anilines is 1. The van der Waals surface area contributed by atoms with E-state index in [1.54, 1.807) is 18.3 Å². The molecule has 1 aromatic heterocycles. The van der Waals surface area contributed by atoms with Crippen molar-refractivity contribution in [3.05, 3.63) is 18.3 Å². The van der Waals surface area contributed by atoms with Gasteiger partial charge in [0, 0.05) is 25.5 Å². The van der Waals surface area contributed by atoms with Gasteiger partial charge in [0.05, 0.1) is 0 Å². The van der Waals surface area contributed by atoms with Gasteiger partial charge >= 0.3 is 0 Å². The molecule has 0 amide bonds. The van der Waals surface area contributed by atoms with Gasteiger partial charge in [-0.05, 0) is 43.2 Å². The smallest absolute Gasteiger partial charge is 0.179 e. The highest BCUT2D eigenvalue weighted by Crippen LogP contribution is 2.45. The topological polar surface area (TPSA) is 50.3 Å². The van der Waals surface area contributed by atoms with Crippen molar-refractivity contribution in [1.29, 1.82) is 0 Å². The number of pyridine rings is 1. The van der Waals surface area contributed by atoms with E-state index in [1.165, 1.54) is 51.2 Å². The predicted molar refractivity (Wildman–Crippen MR) is 84.3 cm³/mol. The van der Waals surface area contributed by atoms with E-state index >= 15 is 0 Å². The van der Waals surface area contributed by atoms with Gasteiger partial charge in [-0.25, -0.2) is 13.4 Å². The maximum Gasteiger partial charge on any atom is 0.179 e. The zero-order valence-electron chi connectivity index (χ0n) is 12.7. The predicted octanol–water partition coefficient (Wildman–Crippen LogP) is 3.04. The molecule has 0 radical (unpaired) electrons. The third-order valence-electron chi connectivity index (χ3n) is 5.19. The molecule has 0 aromatic carbocycles. The van der Waals surface area contributed by atoms with Crippen LogP contribution in [0.25, 0.3) is 0 Å². The van der Waals surface area contributed by atoms with Gasteiger partial charge in [-0.1, -0.05) is 19.3 Å². The summed E-state index contributed by atoms with van der Waals surface area (Å²) in [6.07, 6.45) is 12.1. The molecule has 0 atom stereocenters. The average Bonchev–Trinajstić information content (AvgIpc) is 2.48. The molecule has 1 spiro atoms. The highest BCUT2D eigenvalue weighted by atomic mass is 32.2. The van der Waals surface area contributed by atoms with Gasteiger partial charge in [0.15, 0.2) is 9.84 Å². The molecule has 5 heteroatoms. The largest absolute Gasteiger partial charge is 0.356 e. The lowest BCUT2D eigenvalue weighted by Gasteiger charge is -2.44. The van der Waals surface area contributed by atoms with Crippen LogP contribution >= 0.6 is 0 Å². The first-order valence-electron chi connectivity index (χ1n) is 7.90.